The monoisotopic (exact) mass is 397 g/mol. The van der Waals surface area contributed by atoms with Crippen LogP contribution >= 0.6 is 0 Å². The third-order valence-electron chi connectivity index (χ3n) is 6.12. The predicted molar refractivity (Wildman–Crippen MR) is 108 cm³/mol. The molecule has 2 aliphatic carbocycles. The summed E-state index contributed by atoms with van der Waals surface area (Å²) in [6.45, 7) is 3.92. The first-order chi connectivity index (χ1) is 13.8. The molecular formula is C21H27N5O3. The van der Waals surface area contributed by atoms with Crippen LogP contribution in [0.1, 0.15) is 62.0 Å². The summed E-state index contributed by atoms with van der Waals surface area (Å²) in [5, 5.41) is 19.7. The molecule has 3 N–H and O–H groups in total. The maximum absolute atomic E-state index is 12.3. The minimum absolute atomic E-state index is 0.0405. The van der Waals surface area contributed by atoms with Crippen molar-refractivity contribution in [2.75, 3.05) is 5.32 Å². The average molecular weight is 397 g/mol. The second-order valence-corrected chi connectivity index (χ2v) is 8.52. The van der Waals surface area contributed by atoms with E-state index < -0.39 is 6.09 Å². The number of pyridine rings is 1. The maximum Gasteiger partial charge on any atom is 0.408 e. The van der Waals surface area contributed by atoms with E-state index in [0.29, 0.717) is 5.82 Å². The van der Waals surface area contributed by atoms with Crippen LogP contribution in [0.4, 0.5) is 10.6 Å². The molecule has 2 saturated carbocycles. The summed E-state index contributed by atoms with van der Waals surface area (Å²) in [5.41, 5.74) is 2.35. The zero-order valence-electron chi connectivity index (χ0n) is 16.8. The summed E-state index contributed by atoms with van der Waals surface area (Å²) >= 11 is 0. The minimum atomic E-state index is -0.821. The molecule has 2 aromatic heterocycles. The highest BCUT2D eigenvalue weighted by molar-refractivity contribution is 5.91. The van der Waals surface area contributed by atoms with Gasteiger partial charge in [-0.2, -0.15) is 5.10 Å². The van der Waals surface area contributed by atoms with Crippen LogP contribution in [0.15, 0.2) is 24.3 Å². The van der Waals surface area contributed by atoms with Crippen LogP contribution in [0.5, 0.6) is 0 Å². The first kappa shape index (κ1) is 19.4. The Balaban J connectivity index is 1.35. The average Bonchev–Trinajstić information content (AvgIpc) is 3.05. The summed E-state index contributed by atoms with van der Waals surface area (Å²) in [7, 11) is 0. The fourth-order valence-electron chi connectivity index (χ4n) is 4.38. The van der Waals surface area contributed by atoms with E-state index in [1.165, 1.54) is 0 Å². The lowest BCUT2D eigenvalue weighted by atomic mass is 10.0. The molecule has 2 heterocycles. The van der Waals surface area contributed by atoms with E-state index in [4.69, 9.17) is 0 Å². The van der Waals surface area contributed by atoms with E-state index in [2.05, 4.69) is 20.5 Å². The Morgan fingerprint density at radius 3 is 2.83 bits per heavy atom. The van der Waals surface area contributed by atoms with Gasteiger partial charge in [-0.05, 0) is 58.1 Å². The molecule has 2 fully saturated rings. The second kappa shape index (κ2) is 7.50. The van der Waals surface area contributed by atoms with Crippen molar-refractivity contribution in [1.82, 2.24) is 20.1 Å². The lowest BCUT2D eigenvalue weighted by Gasteiger charge is -2.32. The highest BCUT2D eigenvalue weighted by Crippen LogP contribution is 2.47. The van der Waals surface area contributed by atoms with Gasteiger partial charge in [-0.25, -0.2) is 4.79 Å². The van der Waals surface area contributed by atoms with Crippen molar-refractivity contribution < 1.29 is 14.7 Å². The number of aromatic amines is 1. The van der Waals surface area contributed by atoms with Crippen molar-refractivity contribution >= 4 is 17.8 Å². The number of aryl methyl sites for hydroxylation is 1. The molecule has 0 bridgehead atoms. The largest absolute Gasteiger partial charge is 0.465 e. The summed E-state index contributed by atoms with van der Waals surface area (Å²) in [4.78, 5) is 30.1. The van der Waals surface area contributed by atoms with E-state index >= 15 is 0 Å². The van der Waals surface area contributed by atoms with E-state index in [0.717, 1.165) is 49.2 Å². The summed E-state index contributed by atoms with van der Waals surface area (Å²) < 4.78 is 0. The lowest BCUT2D eigenvalue weighted by Crippen LogP contribution is -2.45. The Kier molecular flexibility index (Phi) is 5.02. The summed E-state index contributed by atoms with van der Waals surface area (Å²) in [6.07, 6.45) is 3.80. The summed E-state index contributed by atoms with van der Waals surface area (Å²) in [5.74, 6) is 0.551. The van der Waals surface area contributed by atoms with E-state index in [9.17, 15) is 14.7 Å². The molecule has 0 radical (unpaired) electrons. The first-order valence-corrected chi connectivity index (χ1v) is 10.1. The van der Waals surface area contributed by atoms with Crippen molar-refractivity contribution in [3.8, 4) is 0 Å². The molecule has 0 saturated heterocycles. The van der Waals surface area contributed by atoms with Gasteiger partial charge in [0.05, 0.1) is 6.42 Å². The molecule has 0 aromatic carbocycles. The standard InChI is InChI=1S/C21H27N5O3/c1-13-4-3-5-15(22-13)11-19(27)23-18-12-17(24-25-18)14-6-7-16(10-14)26(20(28)29)21(2)8-9-21/h3-5,12,14,16H,6-11H2,1-2H3,(H,28,29)(H2,23,24,25,27)/t14-,16+/m0/s1. The Hall–Kier alpha value is -2.90. The van der Waals surface area contributed by atoms with Gasteiger partial charge in [-0.3, -0.25) is 19.8 Å². The SMILES string of the molecule is Cc1cccc(CC(=O)Nc2cc([C@H]3CC[C@@H](N(C(=O)O)C4(C)CC4)C3)[nH]n2)n1. The molecule has 2 amide bonds. The van der Waals surface area contributed by atoms with Gasteiger partial charge in [0.25, 0.3) is 0 Å². The number of carbonyl (C=O) groups excluding carboxylic acids is 1. The number of nitrogens with one attached hydrogen (secondary N) is 2. The fourth-order valence-corrected chi connectivity index (χ4v) is 4.38. The molecule has 2 aliphatic rings. The smallest absolute Gasteiger partial charge is 0.408 e. The van der Waals surface area contributed by atoms with Gasteiger partial charge in [0.1, 0.15) is 0 Å². The van der Waals surface area contributed by atoms with Crippen molar-refractivity contribution in [3.63, 3.8) is 0 Å². The highest BCUT2D eigenvalue weighted by atomic mass is 16.4. The highest BCUT2D eigenvalue weighted by Gasteiger charge is 2.50. The van der Waals surface area contributed by atoms with Gasteiger partial charge in [0, 0.05) is 40.6 Å². The zero-order chi connectivity index (χ0) is 20.6. The number of nitrogens with zero attached hydrogens (tertiary/aromatic N) is 3. The number of H-pyrrole nitrogens is 1. The zero-order valence-corrected chi connectivity index (χ0v) is 16.8. The van der Waals surface area contributed by atoms with E-state index in [1.54, 1.807) is 4.90 Å². The normalized spacial score (nSPS) is 22.3. The van der Waals surface area contributed by atoms with Crippen molar-refractivity contribution in [3.05, 3.63) is 41.3 Å². The predicted octanol–water partition coefficient (Wildman–Crippen LogP) is 3.46. The quantitative estimate of drug-likeness (QED) is 0.691. The Labute approximate surface area is 169 Å². The van der Waals surface area contributed by atoms with Gasteiger partial charge in [-0.1, -0.05) is 6.07 Å². The molecule has 0 unspecified atom stereocenters. The second-order valence-electron chi connectivity index (χ2n) is 8.52. The van der Waals surface area contributed by atoms with Crippen LogP contribution in [0.25, 0.3) is 0 Å². The first-order valence-electron chi connectivity index (χ1n) is 10.1. The molecule has 154 valence electrons. The molecule has 0 aliphatic heterocycles. The van der Waals surface area contributed by atoms with Crippen LogP contribution in [0, 0.1) is 6.92 Å². The third kappa shape index (κ3) is 4.26. The number of hydrogen-bond donors (Lipinski definition) is 3. The van der Waals surface area contributed by atoms with E-state index in [-0.39, 0.29) is 29.8 Å². The number of carbonyl (C=O) groups is 2. The number of carboxylic acid groups (broad SMARTS) is 1. The topological polar surface area (TPSA) is 111 Å². The molecule has 2 aromatic rings. The van der Waals surface area contributed by atoms with Crippen molar-refractivity contribution in [2.45, 2.75) is 69.9 Å². The molecule has 29 heavy (non-hydrogen) atoms. The molecule has 8 nitrogen and oxygen atoms in total. The number of aromatic nitrogens is 3. The van der Waals surface area contributed by atoms with Crippen LogP contribution in [0.3, 0.4) is 0 Å². The number of hydrogen-bond acceptors (Lipinski definition) is 4. The van der Waals surface area contributed by atoms with Gasteiger partial charge < -0.3 is 10.4 Å². The van der Waals surface area contributed by atoms with Crippen LogP contribution in [-0.2, 0) is 11.2 Å². The van der Waals surface area contributed by atoms with Crippen LogP contribution in [0.2, 0.25) is 0 Å². The Morgan fingerprint density at radius 1 is 1.34 bits per heavy atom. The molecule has 8 heteroatoms. The van der Waals surface area contributed by atoms with Gasteiger partial charge >= 0.3 is 6.09 Å². The van der Waals surface area contributed by atoms with Crippen molar-refractivity contribution in [2.24, 2.45) is 0 Å². The molecule has 2 atom stereocenters. The van der Waals surface area contributed by atoms with Gasteiger partial charge in [-0.15, -0.1) is 0 Å². The van der Waals surface area contributed by atoms with E-state index in [1.807, 2.05) is 38.1 Å². The van der Waals surface area contributed by atoms with Crippen LogP contribution in [-0.4, -0.2) is 48.8 Å². The van der Waals surface area contributed by atoms with Gasteiger partial charge in [0.15, 0.2) is 5.82 Å². The van der Waals surface area contributed by atoms with Crippen LogP contribution < -0.4 is 5.32 Å². The third-order valence-corrected chi connectivity index (χ3v) is 6.12. The minimum Gasteiger partial charge on any atom is -0.465 e. The molecular weight excluding hydrogens is 370 g/mol. The molecule has 4 rings (SSSR count). The number of anilines is 1. The fraction of sp³-hybridized carbons (Fsp3) is 0.524. The number of amides is 2. The Morgan fingerprint density at radius 2 is 2.14 bits per heavy atom. The van der Waals surface area contributed by atoms with Gasteiger partial charge in [0.2, 0.25) is 5.91 Å². The Bertz CT molecular complexity index is 921. The molecule has 0 spiro atoms. The lowest BCUT2D eigenvalue weighted by molar-refractivity contribution is -0.115. The summed E-state index contributed by atoms with van der Waals surface area (Å²) in [6, 6.07) is 7.51. The maximum atomic E-state index is 12.3. The number of rotatable bonds is 6. The van der Waals surface area contributed by atoms with Crippen molar-refractivity contribution in [1.29, 1.82) is 0 Å².